The lowest BCUT2D eigenvalue weighted by molar-refractivity contribution is -0.120. The summed E-state index contributed by atoms with van der Waals surface area (Å²) in [6.07, 6.45) is 1.61. The summed E-state index contributed by atoms with van der Waals surface area (Å²) in [7, 11) is 0. The van der Waals surface area contributed by atoms with Crippen LogP contribution in [0.2, 0.25) is 0 Å². The van der Waals surface area contributed by atoms with Crippen LogP contribution in [0.15, 0.2) is 16.7 Å². The van der Waals surface area contributed by atoms with Gasteiger partial charge < -0.3 is 16.0 Å². The highest BCUT2D eigenvalue weighted by Gasteiger charge is 2.13. The SMILES string of the molecule is CCNC(=O)CNC(=O)c1cc(Br)cnc1NCC. The standard InChI is InChI=1S/C12H17BrN4O2/c1-3-14-10(18)7-17-12(19)9-5-8(13)6-16-11(9)15-4-2/h5-6H,3-4,7H2,1-2H3,(H,14,18)(H,15,16)(H,17,19). The van der Waals surface area contributed by atoms with E-state index >= 15 is 0 Å². The number of nitrogens with one attached hydrogen (secondary N) is 3. The molecule has 0 spiro atoms. The first-order chi connectivity index (χ1) is 9.08. The molecule has 1 heterocycles. The van der Waals surface area contributed by atoms with Gasteiger partial charge >= 0.3 is 0 Å². The molecule has 1 rings (SSSR count). The molecule has 0 radical (unpaired) electrons. The Bertz CT molecular complexity index is 465. The first kappa shape index (κ1) is 15.4. The van der Waals surface area contributed by atoms with E-state index in [0.29, 0.717) is 28.9 Å². The van der Waals surface area contributed by atoms with E-state index in [-0.39, 0.29) is 18.4 Å². The molecule has 0 saturated carbocycles. The minimum absolute atomic E-state index is 0.0508. The van der Waals surface area contributed by atoms with Crippen molar-refractivity contribution in [2.45, 2.75) is 13.8 Å². The van der Waals surface area contributed by atoms with Crippen LogP contribution in [0.5, 0.6) is 0 Å². The Hall–Kier alpha value is -1.63. The van der Waals surface area contributed by atoms with Gasteiger partial charge in [-0.2, -0.15) is 0 Å². The molecule has 1 aromatic rings. The molecule has 19 heavy (non-hydrogen) atoms. The molecule has 1 aromatic heterocycles. The number of likely N-dealkylation sites (N-methyl/N-ethyl adjacent to an activating group) is 1. The summed E-state index contributed by atoms with van der Waals surface area (Å²) < 4.78 is 0.706. The fraction of sp³-hybridized carbons (Fsp3) is 0.417. The van der Waals surface area contributed by atoms with Gasteiger partial charge in [0, 0.05) is 23.8 Å². The van der Waals surface area contributed by atoms with Crippen molar-refractivity contribution in [3.05, 3.63) is 22.3 Å². The Morgan fingerprint density at radius 3 is 2.63 bits per heavy atom. The minimum Gasteiger partial charge on any atom is -0.370 e. The lowest BCUT2D eigenvalue weighted by Gasteiger charge is -2.10. The van der Waals surface area contributed by atoms with Gasteiger partial charge in [0.25, 0.3) is 5.91 Å². The highest BCUT2D eigenvalue weighted by molar-refractivity contribution is 9.10. The Morgan fingerprint density at radius 2 is 2.00 bits per heavy atom. The van der Waals surface area contributed by atoms with Crippen LogP contribution >= 0.6 is 15.9 Å². The van der Waals surface area contributed by atoms with Gasteiger partial charge in [0.2, 0.25) is 5.91 Å². The summed E-state index contributed by atoms with van der Waals surface area (Å²) in [5.41, 5.74) is 0.403. The molecular weight excluding hydrogens is 312 g/mol. The van der Waals surface area contributed by atoms with Crippen LogP contribution in [0.3, 0.4) is 0 Å². The number of hydrogen-bond donors (Lipinski definition) is 3. The number of nitrogens with zero attached hydrogens (tertiary/aromatic N) is 1. The van der Waals surface area contributed by atoms with Crippen LogP contribution in [-0.4, -0.2) is 36.4 Å². The van der Waals surface area contributed by atoms with Gasteiger partial charge in [-0.25, -0.2) is 4.98 Å². The molecule has 0 atom stereocenters. The molecule has 0 aliphatic carbocycles. The third kappa shape index (κ3) is 4.86. The van der Waals surface area contributed by atoms with Gasteiger partial charge in [-0.05, 0) is 35.8 Å². The molecular formula is C12H17BrN4O2. The number of carbonyl (C=O) groups excluding carboxylic acids is 2. The van der Waals surface area contributed by atoms with Crippen LogP contribution < -0.4 is 16.0 Å². The average Bonchev–Trinajstić information content (AvgIpc) is 2.38. The van der Waals surface area contributed by atoms with E-state index in [1.807, 2.05) is 13.8 Å². The van der Waals surface area contributed by atoms with E-state index in [9.17, 15) is 9.59 Å². The Labute approximate surface area is 120 Å². The van der Waals surface area contributed by atoms with E-state index in [2.05, 4.69) is 36.9 Å². The first-order valence-corrected chi connectivity index (χ1v) is 6.82. The van der Waals surface area contributed by atoms with Crippen LogP contribution in [-0.2, 0) is 4.79 Å². The van der Waals surface area contributed by atoms with Crippen molar-refractivity contribution in [3.63, 3.8) is 0 Å². The van der Waals surface area contributed by atoms with E-state index in [1.165, 1.54) is 0 Å². The molecule has 0 bridgehead atoms. The van der Waals surface area contributed by atoms with Crippen LogP contribution in [0, 0.1) is 0 Å². The molecule has 0 saturated heterocycles. The summed E-state index contributed by atoms with van der Waals surface area (Å²) in [5, 5.41) is 8.17. The highest BCUT2D eigenvalue weighted by atomic mass is 79.9. The van der Waals surface area contributed by atoms with E-state index < -0.39 is 0 Å². The number of carbonyl (C=O) groups is 2. The molecule has 0 fully saturated rings. The summed E-state index contributed by atoms with van der Waals surface area (Å²) >= 11 is 3.27. The fourth-order valence-electron chi connectivity index (χ4n) is 1.44. The Balaban J connectivity index is 2.75. The van der Waals surface area contributed by atoms with Crippen molar-refractivity contribution < 1.29 is 9.59 Å². The summed E-state index contributed by atoms with van der Waals surface area (Å²) in [6.45, 7) is 4.88. The van der Waals surface area contributed by atoms with Gasteiger partial charge in [0.1, 0.15) is 5.82 Å². The van der Waals surface area contributed by atoms with Crippen LogP contribution in [0.4, 0.5) is 5.82 Å². The van der Waals surface area contributed by atoms with E-state index in [0.717, 1.165) is 0 Å². The third-order valence-electron chi connectivity index (χ3n) is 2.23. The van der Waals surface area contributed by atoms with Crippen molar-refractivity contribution in [3.8, 4) is 0 Å². The second-order valence-corrected chi connectivity index (χ2v) is 4.63. The van der Waals surface area contributed by atoms with Crippen molar-refractivity contribution in [1.29, 1.82) is 0 Å². The zero-order chi connectivity index (χ0) is 14.3. The molecule has 0 aliphatic heterocycles. The average molecular weight is 329 g/mol. The zero-order valence-electron chi connectivity index (χ0n) is 10.9. The predicted octanol–water partition coefficient (Wildman–Crippen LogP) is 1.14. The molecule has 7 heteroatoms. The fourth-order valence-corrected chi connectivity index (χ4v) is 1.77. The Morgan fingerprint density at radius 1 is 1.26 bits per heavy atom. The topological polar surface area (TPSA) is 83.1 Å². The van der Waals surface area contributed by atoms with Gasteiger partial charge in [0.15, 0.2) is 0 Å². The maximum atomic E-state index is 12.0. The second kappa shape index (κ2) is 7.73. The number of halogens is 1. The van der Waals surface area contributed by atoms with Crippen molar-refractivity contribution >= 4 is 33.6 Å². The second-order valence-electron chi connectivity index (χ2n) is 3.72. The number of aromatic nitrogens is 1. The molecule has 0 aromatic carbocycles. The smallest absolute Gasteiger partial charge is 0.255 e. The van der Waals surface area contributed by atoms with E-state index in [1.54, 1.807) is 12.3 Å². The van der Waals surface area contributed by atoms with Crippen molar-refractivity contribution in [2.24, 2.45) is 0 Å². The normalized spacial score (nSPS) is 9.84. The predicted molar refractivity (Wildman–Crippen MR) is 77.1 cm³/mol. The minimum atomic E-state index is -0.337. The third-order valence-corrected chi connectivity index (χ3v) is 2.66. The van der Waals surface area contributed by atoms with Crippen LogP contribution in [0.25, 0.3) is 0 Å². The molecule has 0 aliphatic rings. The lowest BCUT2D eigenvalue weighted by Crippen LogP contribution is -2.37. The zero-order valence-corrected chi connectivity index (χ0v) is 12.5. The van der Waals surface area contributed by atoms with Crippen LogP contribution in [0.1, 0.15) is 24.2 Å². The quantitative estimate of drug-likeness (QED) is 0.731. The lowest BCUT2D eigenvalue weighted by atomic mass is 10.2. The van der Waals surface area contributed by atoms with Crippen molar-refractivity contribution in [2.75, 3.05) is 25.0 Å². The van der Waals surface area contributed by atoms with Gasteiger partial charge in [0.05, 0.1) is 12.1 Å². The number of pyridine rings is 1. The molecule has 2 amide bonds. The molecule has 3 N–H and O–H groups in total. The summed E-state index contributed by atoms with van der Waals surface area (Å²) in [5.74, 6) is -0.0566. The number of anilines is 1. The number of rotatable bonds is 6. The maximum Gasteiger partial charge on any atom is 0.255 e. The number of amides is 2. The largest absolute Gasteiger partial charge is 0.370 e. The highest BCUT2D eigenvalue weighted by Crippen LogP contribution is 2.17. The molecule has 104 valence electrons. The first-order valence-electron chi connectivity index (χ1n) is 6.02. The number of hydrogen-bond acceptors (Lipinski definition) is 4. The van der Waals surface area contributed by atoms with Gasteiger partial charge in [-0.3, -0.25) is 9.59 Å². The monoisotopic (exact) mass is 328 g/mol. The Kier molecular flexibility index (Phi) is 6.27. The van der Waals surface area contributed by atoms with E-state index in [4.69, 9.17) is 0 Å². The molecule has 6 nitrogen and oxygen atoms in total. The summed E-state index contributed by atoms with van der Waals surface area (Å²) in [4.78, 5) is 27.4. The van der Waals surface area contributed by atoms with Gasteiger partial charge in [-0.1, -0.05) is 0 Å². The maximum absolute atomic E-state index is 12.0. The van der Waals surface area contributed by atoms with Crippen molar-refractivity contribution in [1.82, 2.24) is 15.6 Å². The van der Waals surface area contributed by atoms with Gasteiger partial charge in [-0.15, -0.1) is 0 Å². The summed E-state index contributed by atoms with van der Waals surface area (Å²) in [6, 6.07) is 1.66. The molecule has 0 unspecified atom stereocenters.